The molecule has 6 aromatic rings. The molecule has 0 fully saturated rings. The van der Waals surface area contributed by atoms with Gasteiger partial charge in [-0.15, -0.1) is 0 Å². The first-order valence-corrected chi connectivity index (χ1v) is 10.6. The van der Waals surface area contributed by atoms with E-state index in [0.717, 1.165) is 62.9 Å². The van der Waals surface area contributed by atoms with Crippen molar-refractivity contribution in [2.24, 2.45) is 0 Å². The molecule has 0 aliphatic heterocycles. The van der Waals surface area contributed by atoms with Gasteiger partial charge in [0.2, 0.25) is 0 Å². The summed E-state index contributed by atoms with van der Waals surface area (Å²) in [5.74, 6) is 0. The average molecular weight is 400 g/mol. The van der Waals surface area contributed by atoms with Gasteiger partial charge in [-0.05, 0) is 54.7 Å². The van der Waals surface area contributed by atoms with Crippen molar-refractivity contribution in [1.29, 1.82) is 0 Å². The molecule has 4 heterocycles. The summed E-state index contributed by atoms with van der Waals surface area (Å²) in [6, 6.07) is 21.1. The number of fused-ring (bicyclic) bond motifs is 6. The van der Waals surface area contributed by atoms with Crippen molar-refractivity contribution in [3.05, 3.63) is 96.6 Å². The van der Waals surface area contributed by atoms with Crippen LogP contribution >= 0.6 is 0 Å². The van der Waals surface area contributed by atoms with Crippen molar-refractivity contribution >= 4 is 43.6 Å². The second-order valence-corrected chi connectivity index (χ2v) is 7.97. The Kier molecular flexibility index (Phi) is 4.27. The van der Waals surface area contributed by atoms with E-state index in [1.165, 1.54) is 11.1 Å². The summed E-state index contributed by atoms with van der Waals surface area (Å²) in [4.78, 5) is 18.5. The number of aryl methyl sites for hydroxylation is 2. The fraction of sp³-hybridized carbons (Fsp3) is 0.111. The Morgan fingerprint density at radius 3 is 1.45 bits per heavy atom. The number of pyridine rings is 4. The van der Waals surface area contributed by atoms with Gasteiger partial charge >= 0.3 is 0 Å². The molecule has 0 aliphatic rings. The molecule has 4 nitrogen and oxygen atoms in total. The molecule has 0 N–H and O–H groups in total. The van der Waals surface area contributed by atoms with Crippen molar-refractivity contribution in [3.8, 4) is 0 Å². The second-order valence-electron chi connectivity index (χ2n) is 7.97. The summed E-state index contributed by atoms with van der Waals surface area (Å²) in [5.41, 5.74) is 6.40. The lowest BCUT2D eigenvalue weighted by atomic mass is 10.0. The Morgan fingerprint density at radius 2 is 0.935 bits per heavy atom. The van der Waals surface area contributed by atoms with E-state index in [0.29, 0.717) is 0 Å². The van der Waals surface area contributed by atoms with E-state index >= 15 is 0 Å². The standard InChI is InChI=1S/C27H20N4/c1(4-18-14-22-10-8-20-6-2-12-28-24(20)26(22)30-16-18)5-19-15-23-11-9-21-7-3-13-29-25(21)27(23)31-17-19/h2-3,6-17H,1,4-5H2. The van der Waals surface area contributed by atoms with Crippen molar-refractivity contribution in [2.75, 3.05) is 0 Å². The molecule has 4 heteroatoms. The number of benzene rings is 2. The fourth-order valence-electron chi connectivity index (χ4n) is 4.33. The summed E-state index contributed by atoms with van der Waals surface area (Å²) in [7, 11) is 0. The minimum Gasteiger partial charge on any atom is -0.254 e. The van der Waals surface area contributed by atoms with Gasteiger partial charge < -0.3 is 0 Å². The quantitative estimate of drug-likeness (QED) is 0.338. The molecule has 0 atom stereocenters. The molecule has 31 heavy (non-hydrogen) atoms. The Hall–Kier alpha value is -3.92. The molecule has 0 unspecified atom stereocenters. The predicted octanol–water partition coefficient (Wildman–Crippen LogP) is 6.05. The first-order chi connectivity index (χ1) is 15.3. The van der Waals surface area contributed by atoms with Crippen LogP contribution in [0.25, 0.3) is 43.6 Å². The van der Waals surface area contributed by atoms with Gasteiger partial charge in [-0.3, -0.25) is 19.9 Å². The van der Waals surface area contributed by atoms with Gasteiger partial charge in [0.1, 0.15) is 0 Å². The van der Waals surface area contributed by atoms with E-state index in [-0.39, 0.29) is 0 Å². The Morgan fingerprint density at radius 1 is 0.484 bits per heavy atom. The van der Waals surface area contributed by atoms with Crippen molar-refractivity contribution in [2.45, 2.75) is 19.3 Å². The third-order valence-corrected chi connectivity index (χ3v) is 5.89. The molecule has 2 aromatic carbocycles. The minimum absolute atomic E-state index is 0.968. The lowest BCUT2D eigenvalue weighted by Gasteiger charge is -2.07. The molecule has 0 saturated carbocycles. The van der Waals surface area contributed by atoms with Crippen LogP contribution in [0.15, 0.2) is 85.5 Å². The second kappa shape index (κ2) is 7.40. The highest BCUT2D eigenvalue weighted by Crippen LogP contribution is 2.24. The number of hydrogen-bond donors (Lipinski definition) is 0. The van der Waals surface area contributed by atoms with Crippen molar-refractivity contribution < 1.29 is 0 Å². The molecule has 4 aromatic heterocycles. The van der Waals surface area contributed by atoms with Gasteiger partial charge in [-0.2, -0.15) is 0 Å². The molecule has 0 spiro atoms. The van der Waals surface area contributed by atoms with Crippen molar-refractivity contribution in [3.63, 3.8) is 0 Å². The zero-order valence-corrected chi connectivity index (χ0v) is 17.0. The van der Waals surface area contributed by atoms with Crippen LogP contribution in [-0.2, 0) is 12.8 Å². The number of rotatable bonds is 4. The zero-order chi connectivity index (χ0) is 20.6. The maximum atomic E-state index is 4.72. The van der Waals surface area contributed by atoms with Gasteiger partial charge in [0.15, 0.2) is 0 Å². The van der Waals surface area contributed by atoms with Gasteiger partial charge in [-0.25, -0.2) is 0 Å². The molecule has 0 amide bonds. The molecular weight excluding hydrogens is 380 g/mol. The van der Waals surface area contributed by atoms with Crippen LogP contribution in [0.3, 0.4) is 0 Å². The average Bonchev–Trinajstić information content (AvgIpc) is 2.83. The molecule has 0 bridgehead atoms. The van der Waals surface area contributed by atoms with Crippen LogP contribution < -0.4 is 0 Å². The third kappa shape index (κ3) is 3.26. The van der Waals surface area contributed by atoms with Gasteiger partial charge in [0.05, 0.1) is 22.1 Å². The first-order valence-electron chi connectivity index (χ1n) is 10.6. The molecule has 0 saturated heterocycles. The number of nitrogens with zero attached hydrogens (tertiary/aromatic N) is 4. The Bertz CT molecular complexity index is 1450. The number of hydrogen-bond acceptors (Lipinski definition) is 4. The molecule has 0 aliphatic carbocycles. The van der Waals surface area contributed by atoms with Crippen LogP contribution in [0, 0.1) is 0 Å². The van der Waals surface area contributed by atoms with Crippen LogP contribution in [0.1, 0.15) is 17.5 Å². The highest BCUT2D eigenvalue weighted by molar-refractivity contribution is 6.03. The highest BCUT2D eigenvalue weighted by atomic mass is 14.7. The molecular formula is C27H20N4. The monoisotopic (exact) mass is 400 g/mol. The molecule has 148 valence electrons. The number of aromatic nitrogens is 4. The van der Waals surface area contributed by atoms with Gasteiger partial charge in [0.25, 0.3) is 0 Å². The normalized spacial score (nSPS) is 11.6. The van der Waals surface area contributed by atoms with E-state index in [2.05, 4.69) is 58.5 Å². The summed E-state index contributed by atoms with van der Waals surface area (Å²) in [5, 5.41) is 4.55. The van der Waals surface area contributed by atoms with E-state index in [1.807, 2.05) is 36.9 Å². The zero-order valence-electron chi connectivity index (χ0n) is 17.0. The van der Waals surface area contributed by atoms with Crippen molar-refractivity contribution in [1.82, 2.24) is 19.9 Å². The maximum Gasteiger partial charge on any atom is 0.0964 e. The van der Waals surface area contributed by atoms with Crippen LogP contribution in [0.2, 0.25) is 0 Å². The van der Waals surface area contributed by atoms with Crippen LogP contribution in [0.4, 0.5) is 0 Å². The highest BCUT2D eigenvalue weighted by Gasteiger charge is 2.06. The Labute approximate surface area is 179 Å². The first kappa shape index (κ1) is 17.9. The minimum atomic E-state index is 0.968. The maximum absolute atomic E-state index is 4.72. The summed E-state index contributed by atoms with van der Waals surface area (Å²) >= 11 is 0. The van der Waals surface area contributed by atoms with E-state index in [4.69, 9.17) is 9.97 Å². The lowest BCUT2D eigenvalue weighted by Crippen LogP contribution is -1.94. The summed E-state index contributed by atoms with van der Waals surface area (Å²) in [6.07, 6.45) is 10.7. The smallest absolute Gasteiger partial charge is 0.0964 e. The summed E-state index contributed by atoms with van der Waals surface area (Å²) < 4.78 is 0. The van der Waals surface area contributed by atoms with Crippen LogP contribution in [0.5, 0.6) is 0 Å². The van der Waals surface area contributed by atoms with E-state index in [1.54, 1.807) is 0 Å². The Balaban J connectivity index is 1.22. The molecule has 0 radical (unpaired) electrons. The largest absolute Gasteiger partial charge is 0.254 e. The topological polar surface area (TPSA) is 51.6 Å². The fourth-order valence-corrected chi connectivity index (χ4v) is 4.33. The van der Waals surface area contributed by atoms with E-state index in [9.17, 15) is 0 Å². The third-order valence-electron chi connectivity index (χ3n) is 5.89. The van der Waals surface area contributed by atoms with Gasteiger partial charge in [0, 0.05) is 46.3 Å². The van der Waals surface area contributed by atoms with E-state index < -0.39 is 0 Å². The predicted molar refractivity (Wildman–Crippen MR) is 126 cm³/mol. The SMILES string of the molecule is c1cnc2c(c1)ccc1cc(CCCc3cnc4c(ccc5cccnc54)c3)cnc12. The van der Waals surface area contributed by atoms with Crippen LogP contribution in [-0.4, -0.2) is 19.9 Å². The van der Waals surface area contributed by atoms with Gasteiger partial charge in [-0.1, -0.05) is 36.4 Å². The summed E-state index contributed by atoms with van der Waals surface area (Å²) in [6.45, 7) is 0. The molecule has 6 rings (SSSR count). The lowest BCUT2D eigenvalue weighted by molar-refractivity contribution is 0.817.